The average Bonchev–Trinajstić information content (AvgIpc) is 2.47. The molecule has 2 amide bonds. The predicted molar refractivity (Wildman–Crippen MR) is 78.3 cm³/mol. The summed E-state index contributed by atoms with van der Waals surface area (Å²) in [5, 5.41) is 5.40. The van der Waals surface area contributed by atoms with Crippen LogP contribution in [0.4, 0.5) is 10.1 Å². The molecule has 0 saturated carbocycles. The first-order valence-electron chi connectivity index (χ1n) is 6.14. The molecule has 0 aliphatic carbocycles. The van der Waals surface area contributed by atoms with Gasteiger partial charge in [0.05, 0.1) is 0 Å². The number of anilines is 1. The van der Waals surface area contributed by atoms with E-state index in [1.54, 1.807) is 24.3 Å². The summed E-state index contributed by atoms with van der Waals surface area (Å²) in [6.07, 6.45) is 0. The van der Waals surface area contributed by atoms with E-state index in [4.69, 9.17) is 11.6 Å². The monoisotopic (exact) mass is 306 g/mol. The molecule has 0 aliphatic rings. The van der Waals surface area contributed by atoms with Crippen LogP contribution in [0.25, 0.3) is 0 Å². The fourth-order valence-electron chi connectivity index (χ4n) is 1.63. The predicted octanol–water partition coefficient (Wildman–Crippen LogP) is 2.73. The van der Waals surface area contributed by atoms with E-state index in [0.717, 1.165) is 5.56 Å². The molecule has 108 valence electrons. The molecule has 0 bridgehead atoms. The maximum absolute atomic E-state index is 12.7. The highest BCUT2D eigenvalue weighted by Gasteiger charge is 2.13. The van der Waals surface area contributed by atoms with Crippen molar-refractivity contribution in [1.29, 1.82) is 0 Å². The molecule has 0 fully saturated rings. The summed E-state index contributed by atoms with van der Waals surface area (Å²) in [6.45, 7) is 0.191. The molecule has 0 atom stereocenters. The quantitative estimate of drug-likeness (QED) is 0.857. The Hall–Kier alpha value is -2.40. The number of carbonyl (C=O) groups is 2. The number of rotatable bonds is 3. The zero-order valence-electron chi connectivity index (χ0n) is 10.9. The fraction of sp³-hybridized carbons (Fsp3) is 0.0667. The largest absolute Gasteiger partial charge is 0.344 e. The third kappa shape index (κ3) is 4.57. The van der Waals surface area contributed by atoms with Crippen LogP contribution in [0, 0.1) is 5.82 Å². The van der Waals surface area contributed by atoms with Crippen LogP contribution in [-0.4, -0.2) is 11.8 Å². The van der Waals surface area contributed by atoms with Gasteiger partial charge < -0.3 is 10.6 Å². The highest BCUT2D eigenvalue weighted by molar-refractivity contribution is 6.39. The van der Waals surface area contributed by atoms with Gasteiger partial charge in [-0.05, 0) is 42.0 Å². The summed E-state index contributed by atoms with van der Waals surface area (Å²) < 4.78 is 12.7. The van der Waals surface area contributed by atoms with Crippen LogP contribution in [-0.2, 0) is 16.1 Å². The third-order valence-electron chi connectivity index (χ3n) is 2.65. The Morgan fingerprint density at radius 2 is 1.76 bits per heavy atom. The number of hydrogen-bond acceptors (Lipinski definition) is 2. The minimum atomic E-state index is -0.816. The Morgan fingerprint density at radius 3 is 2.43 bits per heavy atom. The summed E-state index contributed by atoms with van der Waals surface area (Å²) in [5.41, 5.74) is 1.13. The summed E-state index contributed by atoms with van der Waals surface area (Å²) in [7, 11) is 0. The van der Waals surface area contributed by atoms with Gasteiger partial charge in [-0.3, -0.25) is 9.59 Å². The van der Waals surface area contributed by atoms with Gasteiger partial charge in [0.15, 0.2) is 0 Å². The minimum absolute atomic E-state index is 0.191. The van der Waals surface area contributed by atoms with Crippen LogP contribution >= 0.6 is 11.6 Å². The van der Waals surface area contributed by atoms with E-state index < -0.39 is 17.6 Å². The SMILES string of the molecule is O=C(NCc1cccc(Cl)c1)C(=O)Nc1ccc(F)cc1. The topological polar surface area (TPSA) is 58.2 Å². The second-order valence-corrected chi connectivity index (χ2v) is 4.71. The van der Waals surface area contributed by atoms with E-state index >= 15 is 0 Å². The maximum Gasteiger partial charge on any atom is 0.313 e. The molecule has 0 aromatic heterocycles. The van der Waals surface area contributed by atoms with Gasteiger partial charge in [0.25, 0.3) is 0 Å². The Balaban J connectivity index is 1.88. The molecule has 21 heavy (non-hydrogen) atoms. The van der Waals surface area contributed by atoms with E-state index in [9.17, 15) is 14.0 Å². The van der Waals surface area contributed by atoms with Gasteiger partial charge in [-0.25, -0.2) is 4.39 Å². The summed E-state index contributed by atoms with van der Waals surface area (Å²) >= 11 is 5.82. The molecule has 0 aliphatic heterocycles. The van der Waals surface area contributed by atoms with Gasteiger partial charge in [0.1, 0.15) is 5.82 Å². The molecule has 2 rings (SSSR count). The Morgan fingerprint density at radius 1 is 1.05 bits per heavy atom. The van der Waals surface area contributed by atoms with Gasteiger partial charge in [-0.1, -0.05) is 23.7 Å². The lowest BCUT2D eigenvalue weighted by atomic mass is 10.2. The van der Waals surface area contributed by atoms with Crippen molar-refractivity contribution in [1.82, 2.24) is 5.32 Å². The zero-order valence-corrected chi connectivity index (χ0v) is 11.7. The van der Waals surface area contributed by atoms with Crippen LogP contribution in [0.2, 0.25) is 5.02 Å². The number of hydrogen-bond donors (Lipinski definition) is 2. The van der Waals surface area contributed by atoms with Gasteiger partial charge in [-0.2, -0.15) is 0 Å². The molecule has 2 aromatic rings. The average molecular weight is 307 g/mol. The standard InChI is InChI=1S/C15H12ClFN2O2/c16-11-3-1-2-10(8-11)9-18-14(20)15(21)19-13-6-4-12(17)5-7-13/h1-8H,9H2,(H,18,20)(H,19,21). The molecular weight excluding hydrogens is 295 g/mol. The molecule has 6 heteroatoms. The summed E-state index contributed by atoms with van der Waals surface area (Å²) in [6, 6.07) is 12.1. The van der Waals surface area contributed by atoms with E-state index in [1.807, 2.05) is 0 Å². The van der Waals surface area contributed by atoms with Crippen LogP contribution in [0.5, 0.6) is 0 Å². The number of halogens is 2. The van der Waals surface area contributed by atoms with Crippen LogP contribution in [0.15, 0.2) is 48.5 Å². The Labute approximate surface area is 125 Å². The molecular formula is C15H12ClFN2O2. The molecule has 0 unspecified atom stereocenters. The lowest BCUT2D eigenvalue weighted by Crippen LogP contribution is -2.34. The second kappa shape index (κ2) is 6.85. The smallest absolute Gasteiger partial charge is 0.313 e. The van der Waals surface area contributed by atoms with Gasteiger partial charge in [-0.15, -0.1) is 0 Å². The third-order valence-corrected chi connectivity index (χ3v) is 2.89. The second-order valence-electron chi connectivity index (χ2n) is 4.27. The van der Waals surface area contributed by atoms with E-state index in [2.05, 4.69) is 10.6 Å². The normalized spacial score (nSPS) is 10.0. The van der Waals surface area contributed by atoms with Crippen molar-refractivity contribution in [2.45, 2.75) is 6.54 Å². The molecule has 0 heterocycles. The maximum atomic E-state index is 12.7. The van der Waals surface area contributed by atoms with Crippen molar-refractivity contribution >= 4 is 29.1 Å². The number of amides is 2. The lowest BCUT2D eigenvalue weighted by Gasteiger charge is -2.07. The van der Waals surface area contributed by atoms with Gasteiger partial charge in [0.2, 0.25) is 0 Å². The first-order chi connectivity index (χ1) is 10.0. The highest BCUT2D eigenvalue weighted by atomic mass is 35.5. The fourth-order valence-corrected chi connectivity index (χ4v) is 1.84. The molecule has 0 spiro atoms. The van der Waals surface area contributed by atoms with Crippen molar-refractivity contribution in [2.24, 2.45) is 0 Å². The van der Waals surface area contributed by atoms with Crippen LogP contribution in [0.1, 0.15) is 5.56 Å². The Bertz CT molecular complexity index is 659. The summed E-state index contributed by atoms with van der Waals surface area (Å²) in [5.74, 6) is -2.01. The molecule has 2 N–H and O–H groups in total. The number of benzene rings is 2. The number of carbonyl (C=O) groups excluding carboxylic acids is 2. The van der Waals surface area contributed by atoms with Crippen molar-refractivity contribution in [3.63, 3.8) is 0 Å². The highest BCUT2D eigenvalue weighted by Crippen LogP contribution is 2.10. The molecule has 0 saturated heterocycles. The van der Waals surface area contributed by atoms with Crippen molar-refractivity contribution in [3.8, 4) is 0 Å². The zero-order chi connectivity index (χ0) is 15.2. The van der Waals surface area contributed by atoms with Crippen LogP contribution < -0.4 is 10.6 Å². The number of nitrogens with one attached hydrogen (secondary N) is 2. The van der Waals surface area contributed by atoms with Crippen molar-refractivity contribution < 1.29 is 14.0 Å². The molecule has 2 aromatic carbocycles. The van der Waals surface area contributed by atoms with E-state index in [-0.39, 0.29) is 6.54 Å². The molecule has 4 nitrogen and oxygen atoms in total. The van der Waals surface area contributed by atoms with E-state index in [0.29, 0.717) is 10.7 Å². The van der Waals surface area contributed by atoms with Crippen molar-refractivity contribution in [3.05, 3.63) is 64.9 Å². The molecule has 0 radical (unpaired) electrons. The van der Waals surface area contributed by atoms with Gasteiger partial charge in [0, 0.05) is 17.3 Å². The van der Waals surface area contributed by atoms with Crippen LogP contribution in [0.3, 0.4) is 0 Å². The van der Waals surface area contributed by atoms with E-state index in [1.165, 1.54) is 24.3 Å². The Kier molecular flexibility index (Phi) is 4.90. The first-order valence-corrected chi connectivity index (χ1v) is 6.51. The lowest BCUT2D eigenvalue weighted by molar-refractivity contribution is -0.136. The first kappa shape index (κ1) is 15.0. The summed E-state index contributed by atoms with van der Waals surface area (Å²) in [4.78, 5) is 23.3. The van der Waals surface area contributed by atoms with Crippen molar-refractivity contribution in [2.75, 3.05) is 5.32 Å². The van der Waals surface area contributed by atoms with Gasteiger partial charge >= 0.3 is 11.8 Å². The minimum Gasteiger partial charge on any atom is -0.344 e.